The number of rotatable bonds is 7. The van der Waals surface area contributed by atoms with Crippen molar-refractivity contribution in [3.63, 3.8) is 0 Å². The van der Waals surface area contributed by atoms with Gasteiger partial charge in [0.1, 0.15) is 5.75 Å². The van der Waals surface area contributed by atoms with E-state index in [1.165, 1.54) is 25.7 Å². The molecule has 2 rings (SSSR count). The summed E-state index contributed by atoms with van der Waals surface area (Å²) in [6, 6.07) is 7.59. The number of hydrogen-bond acceptors (Lipinski definition) is 3. The zero-order chi connectivity index (χ0) is 14.4. The zero-order valence-corrected chi connectivity index (χ0v) is 13.0. The molecule has 1 aliphatic carbocycles. The molecule has 0 saturated heterocycles. The maximum atomic E-state index is 12.2. The summed E-state index contributed by atoms with van der Waals surface area (Å²) < 4.78 is 17.8. The molecule has 1 aromatic rings. The Morgan fingerprint density at radius 1 is 1.35 bits per heavy atom. The molecule has 20 heavy (non-hydrogen) atoms. The van der Waals surface area contributed by atoms with Crippen LogP contribution in [-0.4, -0.2) is 22.3 Å². The van der Waals surface area contributed by atoms with Crippen molar-refractivity contribution in [3.05, 3.63) is 29.8 Å². The summed E-state index contributed by atoms with van der Waals surface area (Å²) in [5.74, 6) is 2.80. The zero-order valence-electron chi connectivity index (χ0n) is 12.2. The van der Waals surface area contributed by atoms with Crippen LogP contribution in [0.4, 0.5) is 0 Å². The molecule has 0 heterocycles. The first-order chi connectivity index (χ1) is 9.70. The first-order valence-electron chi connectivity index (χ1n) is 7.53. The highest BCUT2D eigenvalue weighted by molar-refractivity contribution is 7.85. The van der Waals surface area contributed by atoms with Gasteiger partial charge in [0.25, 0.3) is 0 Å². The summed E-state index contributed by atoms with van der Waals surface area (Å²) in [6.45, 7) is 2.58. The molecule has 0 bridgehead atoms. The normalized spacial score (nSPS) is 18.9. The van der Waals surface area contributed by atoms with Gasteiger partial charge in [0.15, 0.2) is 0 Å². The highest BCUT2D eigenvalue weighted by atomic mass is 32.2. The van der Waals surface area contributed by atoms with E-state index in [-0.39, 0.29) is 6.04 Å². The lowest BCUT2D eigenvalue weighted by atomic mass is 10.1. The molecule has 0 spiro atoms. The Morgan fingerprint density at radius 2 is 2.05 bits per heavy atom. The fraction of sp³-hybridized carbons (Fsp3) is 0.625. The number of para-hydroxylation sites is 1. The molecule has 2 unspecified atom stereocenters. The van der Waals surface area contributed by atoms with Crippen molar-refractivity contribution in [2.75, 3.05) is 18.1 Å². The van der Waals surface area contributed by atoms with Crippen LogP contribution in [0.15, 0.2) is 24.3 Å². The third-order valence-electron chi connectivity index (χ3n) is 3.88. The second kappa shape index (κ2) is 7.79. The molecule has 0 amide bonds. The Labute approximate surface area is 124 Å². The Morgan fingerprint density at radius 3 is 2.75 bits per heavy atom. The molecule has 2 N–H and O–H groups in total. The van der Waals surface area contributed by atoms with E-state index in [2.05, 4.69) is 0 Å². The van der Waals surface area contributed by atoms with Gasteiger partial charge in [-0.3, -0.25) is 4.21 Å². The minimum Gasteiger partial charge on any atom is -0.494 e. The van der Waals surface area contributed by atoms with E-state index in [1.54, 1.807) is 0 Å². The Bertz CT molecular complexity index is 444. The molecule has 112 valence electrons. The highest BCUT2D eigenvalue weighted by Gasteiger charge is 2.20. The van der Waals surface area contributed by atoms with Crippen LogP contribution in [0.3, 0.4) is 0 Å². The summed E-state index contributed by atoms with van der Waals surface area (Å²) >= 11 is 0. The van der Waals surface area contributed by atoms with E-state index < -0.39 is 10.8 Å². The second-order valence-corrected chi connectivity index (χ2v) is 7.05. The lowest BCUT2D eigenvalue weighted by molar-refractivity contribution is 0.335. The first-order valence-corrected chi connectivity index (χ1v) is 9.01. The van der Waals surface area contributed by atoms with Crippen molar-refractivity contribution in [2.24, 2.45) is 11.7 Å². The van der Waals surface area contributed by atoms with E-state index in [0.717, 1.165) is 17.1 Å². The molecular formula is C16H25NO2S. The summed E-state index contributed by atoms with van der Waals surface area (Å²) in [6.07, 6.45) is 5.05. The molecule has 4 heteroatoms. The summed E-state index contributed by atoms with van der Waals surface area (Å²) in [7, 11) is -0.833. The largest absolute Gasteiger partial charge is 0.494 e. The second-order valence-electron chi connectivity index (χ2n) is 5.50. The molecule has 2 atom stereocenters. The minimum atomic E-state index is -0.833. The maximum Gasteiger partial charge on any atom is 0.124 e. The van der Waals surface area contributed by atoms with Crippen molar-refractivity contribution in [1.29, 1.82) is 0 Å². The Kier molecular flexibility index (Phi) is 6.05. The van der Waals surface area contributed by atoms with Crippen LogP contribution in [0.2, 0.25) is 0 Å². The van der Waals surface area contributed by atoms with Gasteiger partial charge in [0.05, 0.1) is 6.61 Å². The monoisotopic (exact) mass is 295 g/mol. The van der Waals surface area contributed by atoms with Crippen LogP contribution in [0.25, 0.3) is 0 Å². The smallest absolute Gasteiger partial charge is 0.124 e. The van der Waals surface area contributed by atoms with Gasteiger partial charge in [-0.05, 0) is 31.7 Å². The minimum absolute atomic E-state index is 0.208. The fourth-order valence-electron chi connectivity index (χ4n) is 2.87. The van der Waals surface area contributed by atoms with Gasteiger partial charge in [0, 0.05) is 33.9 Å². The average Bonchev–Trinajstić information content (AvgIpc) is 2.92. The van der Waals surface area contributed by atoms with E-state index in [9.17, 15) is 4.21 Å². The van der Waals surface area contributed by atoms with Gasteiger partial charge >= 0.3 is 0 Å². The van der Waals surface area contributed by atoms with Crippen LogP contribution in [0, 0.1) is 5.92 Å². The third-order valence-corrected chi connectivity index (χ3v) is 5.45. The van der Waals surface area contributed by atoms with Gasteiger partial charge in [-0.15, -0.1) is 0 Å². The van der Waals surface area contributed by atoms with E-state index in [1.807, 2.05) is 31.2 Å². The van der Waals surface area contributed by atoms with Gasteiger partial charge in [-0.1, -0.05) is 31.0 Å². The Balaban J connectivity index is 1.93. The highest BCUT2D eigenvalue weighted by Crippen LogP contribution is 2.27. The molecule has 0 aromatic heterocycles. The average molecular weight is 295 g/mol. The van der Waals surface area contributed by atoms with Gasteiger partial charge < -0.3 is 10.5 Å². The van der Waals surface area contributed by atoms with Gasteiger partial charge in [-0.25, -0.2) is 0 Å². The summed E-state index contributed by atoms with van der Waals surface area (Å²) in [5, 5.41) is 0. The predicted molar refractivity (Wildman–Crippen MR) is 84.4 cm³/mol. The van der Waals surface area contributed by atoms with Crippen molar-refractivity contribution in [2.45, 2.75) is 38.6 Å². The van der Waals surface area contributed by atoms with Crippen LogP contribution in [-0.2, 0) is 10.8 Å². The topological polar surface area (TPSA) is 52.3 Å². The lowest BCUT2D eigenvalue weighted by Crippen LogP contribution is -2.22. The molecule has 1 fully saturated rings. The maximum absolute atomic E-state index is 12.2. The van der Waals surface area contributed by atoms with Crippen LogP contribution >= 0.6 is 0 Å². The first kappa shape index (κ1) is 15.5. The van der Waals surface area contributed by atoms with E-state index in [4.69, 9.17) is 10.5 Å². The third kappa shape index (κ3) is 4.32. The molecule has 1 aromatic carbocycles. The quantitative estimate of drug-likeness (QED) is 0.841. The van der Waals surface area contributed by atoms with Crippen molar-refractivity contribution < 1.29 is 8.95 Å². The number of ether oxygens (including phenoxy) is 1. The molecule has 3 nitrogen and oxygen atoms in total. The molecule has 1 aliphatic rings. The van der Waals surface area contributed by atoms with Crippen molar-refractivity contribution in [1.82, 2.24) is 0 Å². The predicted octanol–water partition coefficient (Wildman–Crippen LogP) is 3.02. The van der Waals surface area contributed by atoms with Crippen molar-refractivity contribution in [3.8, 4) is 5.75 Å². The fourth-order valence-corrected chi connectivity index (χ4v) is 4.45. The van der Waals surface area contributed by atoms with Crippen LogP contribution in [0.1, 0.15) is 44.2 Å². The van der Waals surface area contributed by atoms with Gasteiger partial charge in [-0.2, -0.15) is 0 Å². The standard InChI is InChI=1S/C16H25NO2S/c1-2-19-16-10-6-5-9-14(16)15(17)12-20(18)11-13-7-3-4-8-13/h5-6,9-10,13,15H,2-4,7-8,11-12,17H2,1H3. The van der Waals surface area contributed by atoms with Gasteiger partial charge in [0.2, 0.25) is 0 Å². The Hall–Kier alpha value is -0.870. The SMILES string of the molecule is CCOc1ccccc1C(N)CS(=O)CC1CCCC1. The molecule has 1 saturated carbocycles. The number of hydrogen-bond donors (Lipinski definition) is 1. The van der Waals surface area contributed by atoms with Crippen LogP contribution < -0.4 is 10.5 Å². The van der Waals surface area contributed by atoms with E-state index in [0.29, 0.717) is 18.3 Å². The lowest BCUT2D eigenvalue weighted by Gasteiger charge is -2.17. The van der Waals surface area contributed by atoms with Crippen molar-refractivity contribution >= 4 is 10.8 Å². The van der Waals surface area contributed by atoms with E-state index >= 15 is 0 Å². The summed E-state index contributed by atoms with van der Waals surface area (Å²) in [5.41, 5.74) is 7.19. The number of benzene rings is 1. The molecule has 0 radical (unpaired) electrons. The molecule has 0 aliphatic heterocycles. The molecular weight excluding hydrogens is 270 g/mol. The van der Waals surface area contributed by atoms with Crippen LogP contribution in [0.5, 0.6) is 5.75 Å². The number of nitrogens with two attached hydrogens (primary N) is 1. The summed E-state index contributed by atoms with van der Waals surface area (Å²) in [4.78, 5) is 0.